The number of fused-ring (bicyclic) bond motifs is 1. The lowest BCUT2D eigenvalue weighted by atomic mass is 9.95. The molecule has 2 aromatic carbocycles. The summed E-state index contributed by atoms with van der Waals surface area (Å²) in [6.07, 6.45) is 1.64. The van der Waals surface area contributed by atoms with E-state index in [0.717, 1.165) is 10.9 Å². The third kappa shape index (κ3) is 3.33. The highest BCUT2D eigenvalue weighted by atomic mass is 16.5. The number of amides is 1. The van der Waals surface area contributed by atoms with Crippen LogP contribution in [-0.4, -0.2) is 23.1 Å². The van der Waals surface area contributed by atoms with Crippen LogP contribution in [0.3, 0.4) is 0 Å². The van der Waals surface area contributed by atoms with Crippen LogP contribution in [0.15, 0.2) is 54.7 Å². The number of rotatable bonds is 5. The summed E-state index contributed by atoms with van der Waals surface area (Å²) in [5.41, 5.74) is 1.85. The number of carbonyl (C=O) groups excluding carboxylic acids is 1. The molecule has 1 heterocycles. The molecule has 0 saturated carbocycles. The molecule has 0 saturated heterocycles. The summed E-state index contributed by atoms with van der Waals surface area (Å²) in [7, 11) is 1.59. The maximum absolute atomic E-state index is 12.4. The number of pyridine rings is 1. The van der Waals surface area contributed by atoms with Gasteiger partial charge < -0.3 is 15.2 Å². The molecule has 0 radical (unpaired) electrons. The molecule has 0 aliphatic rings. The number of hydrogen-bond acceptors (Lipinski definition) is 4. The molecule has 0 aliphatic heterocycles. The molecule has 1 atom stereocenters. The van der Waals surface area contributed by atoms with Crippen molar-refractivity contribution in [1.82, 2.24) is 10.3 Å². The second-order valence-corrected chi connectivity index (χ2v) is 6.42. The van der Waals surface area contributed by atoms with Crippen LogP contribution < -0.4 is 10.1 Å². The second kappa shape index (κ2) is 7.44. The fourth-order valence-electron chi connectivity index (χ4n) is 2.92. The zero-order chi connectivity index (χ0) is 18.7. The summed E-state index contributed by atoms with van der Waals surface area (Å²) in [5, 5.41) is 14.7. The van der Waals surface area contributed by atoms with Gasteiger partial charge in [-0.25, -0.2) is 0 Å². The molecular weight excluding hydrogens is 328 g/mol. The highest BCUT2D eigenvalue weighted by Crippen LogP contribution is 2.37. The summed E-state index contributed by atoms with van der Waals surface area (Å²) < 4.78 is 5.47. The Labute approximate surface area is 152 Å². The number of phenolic OH excluding ortho intramolecular Hbond substituents is 1. The predicted octanol–water partition coefficient (Wildman–Crippen LogP) is 3.81. The lowest BCUT2D eigenvalue weighted by molar-refractivity contribution is -0.124. The molecule has 1 amide bonds. The molecule has 1 unspecified atom stereocenters. The molecule has 134 valence electrons. The van der Waals surface area contributed by atoms with E-state index in [1.165, 1.54) is 0 Å². The van der Waals surface area contributed by atoms with Crippen molar-refractivity contribution in [2.45, 2.75) is 19.9 Å². The van der Waals surface area contributed by atoms with Gasteiger partial charge in [0.05, 0.1) is 13.2 Å². The van der Waals surface area contributed by atoms with Gasteiger partial charge in [-0.2, -0.15) is 0 Å². The van der Waals surface area contributed by atoms with Crippen molar-refractivity contribution in [3.63, 3.8) is 0 Å². The highest BCUT2D eigenvalue weighted by Gasteiger charge is 2.25. The van der Waals surface area contributed by atoms with Gasteiger partial charge in [-0.05, 0) is 12.1 Å². The first-order valence-electron chi connectivity index (χ1n) is 8.52. The first-order valence-corrected chi connectivity index (χ1v) is 8.52. The number of aromatic hydroxyl groups is 1. The van der Waals surface area contributed by atoms with E-state index < -0.39 is 6.04 Å². The molecule has 3 aromatic rings. The van der Waals surface area contributed by atoms with E-state index in [0.29, 0.717) is 16.8 Å². The topological polar surface area (TPSA) is 71.5 Å². The summed E-state index contributed by atoms with van der Waals surface area (Å²) in [4.78, 5) is 16.7. The van der Waals surface area contributed by atoms with Gasteiger partial charge in [0.15, 0.2) is 0 Å². The number of para-hydroxylation sites is 1. The molecular formula is C21H22N2O3. The van der Waals surface area contributed by atoms with Crippen LogP contribution in [-0.2, 0) is 4.79 Å². The van der Waals surface area contributed by atoms with E-state index in [2.05, 4.69) is 10.3 Å². The largest absolute Gasteiger partial charge is 0.505 e. The van der Waals surface area contributed by atoms with Crippen LogP contribution >= 0.6 is 0 Å². The maximum Gasteiger partial charge on any atom is 0.223 e. The van der Waals surface area contributed by atoms with Crippen LogP contribution in [0.1, 0.15) is 31.0 Å². The third-order valence-corrected chi connectivity index (χ3v) is 4.35. The number of carbonyl (C=O) groups is 1. The molecule has 0 bridgehead atoms. The SMILES string of the molecule is COc1ccccc1C(NC(=O)C(C)C)c1ccc2cccnc2c1O. The fraction of sp³-hybridized carbons (Fsp3) is 0.238. The molecule has 5 nitrogen and oxygen atoms in total. The van der Waals surface area contributed by atoms with Crippen LogP contribution in [0.5, 0.6) is 11.5 Å². The number of nitrogens with zero attached hydrogens (tertiary/aromatic N) is 1. The van der Waals surface area contributed by atoms with E-state index in [1.54, 1.807) is 13.3 Å². The fourth-order valence-corrected chi connectivity index (χ4v) is 2.92. The number of phenols is 1. The van der Waals surface area contributed by atoms with E-state index in [9.17, 15) is 9.90 Å². The Morgan fingerprint density at radius 1 is 1.08 bits per heavy atom. The average Bonchev–Trinajstić information content (AvgIpc) is 2.66. The Morgan fingerprint density at radius 3 is 2.58 bits per heavy atom. The summed E-state index contributed by atoms with van der Waals surface area (Å²) >= 11 is 0. The monoisotopic (exact) mass is 350 g/mol. The maximum atomic E-state index is 12.4. The molecule has 5 heteroatoms. The van der Waals surface area contributed by atoms with E-state index in [-0.39, 0.29) is 17.6 Å². The van der Waals surface area contributed by atoms with Gasteiger partial charge in [0, 0.05) is 28.6 Å². The lowest BCUT2D eigenvalue weighted by Gasteiger charge is -2.24. The lowest BCUT2D eigenvalue weighted by Crippen LogP contribution is -2.32. The van der Waals surface area contributed by atoms with E-state index >= 15 is 0 Å². The molecule has 26 heavy (non-hydrogen) atoms. The van der Waals surface area contributed by atoms with E-state index in [4.69, 9.17) is 4.74 Å². The zero-order valence-corrected chi connectivity index (χ0v) is 15.1. The van der Waals surface area contributed by atoms with Crippen molar-refractivity contribution in [3.05, 3.63) is 65.9 Å². The summed E-state index contributed by atoms with van der Waals surface area (Å²) in [6.45, 7) is 3.66. The van der Waals surface area contributed by atoms with Crippen molar-refractivity contribution >= 4 is 16.8 Å². The average molecular weight is 350 g/mol. The Bertz CT molecular complexity index is 937. The standard InChI is InChI=1S/C21H22N2O3/c1-13(2)21(25)23-19(15-8-4-5-9-17(15)26-3)16-11-10-14-7-6-12-22-18(14)20(16)24/h4-13,19,24H,1-3H3,(H,23,25). The Kier molecular flexibility index (Phi) is 5.07. The smallest absolute Gasteiger partial charge is 0.223 e. The number of aromatic nitrogens is 1. The van der Waals surface area contributed by atoms with Crippen LogP contribution in [0, 0.1) is 5.92 Å². The zero-order valence-electron chi connectivity index (χ0n) is 15.1. The number of nitrogens with one attached hydrogen (secondary N) is 1. The molecule has 3 rings (SSSR count). The van der Waals surface area contributed by atoms with Crippen LogP contribution in [0.25, 0.3) is 10.9 Å². The predicted molar refractivity (Wildman–Crippen MR) is 101 cm³/mol. The minimum atomic E-state index is -0.549. The van der Waals surface area contributed by atoms with Crippen LogP contribution in [0.2, 0.25) is 0 Å². The third-order valence-electron chi connectivity index (χ3n) is 4.35. The molecule has 0 spiro atoms. The number of benzene rings is 2. The van der Waals surface area contributed by atoms with Crippen LogP contribution in [0.4, 0.5) is 0 Å². The second-order valence-electron chi connectivity index (χ2n) is 6.42. The quantitative estimate of drug-likeness (QED) is 0.734. The molecule has 2 N–H and O–H groups in total. The van der Waals surface area contributed by atoms with Gasteiger partial charge in [0.25, 0.3) is 0 Å². The summed E-state index contributed by atoms with van der Waals surface area (Å²) in [5.74, 6) is 0.402. The van der Waals surface area contributed by atoms with Gasteiger partial charge in [-0.1, -0.05) is 50.2 Å². The molecule has 0 fully saturated rings. The van der Waals surface area contributed by atoms with Crippen molar-refractivity contribution < 1.29 is 14.6 Å². The minimum Gasteiger partial charge on any atom is -0.505 e. The van der Waals surface area contributed by atoms with Gasteiger partial charge in [-0.3, -0.25) is 9.78 Å². The Balaban J connectivity index is 2.17. The first-order chi connectivity index (χ1) is 12.5. The van der Waals surface area contributed by atoms with Crippen molar-refractivity contribution in [1.29, 1.82) is 0 Å². The van der Waals surface area contributed by atoms with Gasteiger partial charge in [0.1, 0.15) is 17.0 Å². The number of ether oxygens (including phenoxy) is 1. The Morgan fingerprint density at radius 2 is 1.85 bits per heavy atom. The number of hydrogen-bond donors (Lipinski definition) is 2. The summed E-state index contributed by atoms with van der Waals surface area (Å²) in [6, 6.07) is 14.3. The van der Waals surface area contributed by atoms with Crippen molar-refractivity contribution in [2.24, 2.45) is 5.92 Å². The first kappa shape index (κ1) is 17.7. The van der Waals surface area contributed by atoms with Gasteiger partial charge in [-0.15, -0.1) is 0 Å². The van der Waals surface area contributed by atoms with E-state index in [1.807, 2.05) is 62.4 Å². The minimum absolute atomic E-state index is 0.0584. The van der Waals surface area contributed by atoms with Crippen molar-refractivity contribution in [2.75, 3.05) is 7.11 Å². The van der Waals surface area contributed by atoms with Crippen molar-refractivity contribution in [3.8, 4) is 11.5 Å². The highest BCUT2D eigenvalue weighted by molar-refractivity contribution is 5.86. The molecule has 1 aromatic heterocycles. The molecule has 0 aliphatic carbocycles. The Hall–Kier alpha value is -3.08. The van der Waals surface area contributed by atoms with Gasteiger partial charge in [0.2, 0.25) is 5.91 Å². The normalized spacial score (nSPS) is 12.2. The van der Waals surface area contributed by atoms with Gasteiger partial charge >= 0.3 is 0 Å². The number of methoxy groups -OCH3 is 1.